The predicted octanol–water partition coefficient (Wildman–Crippen LogP) is 6.42. The van der Waals surface area contributed by atoms with E-state index in [0.717, 1.165) is 53.6 Å². The van der Waals surface area contributed by atoms with Crippen molar-refractivity contribution in [3.63, 3.8) is 0 Å². The normalized spacial score (nSPS) is 16.7. The summed E-state index contributed by atoms with van der Waals surface area (Å²) < 4.78 is 18.1. The lowest BCUT2D eigenvalue weighted by molar-refractivity contribution is -0.118. The summed E-state index contributed by atoms with van der Waals surface area (Å²) in [7, 11) is 0. The van der Waals surface area contributed by atoms with Gasteiger partial charge in [0, 0.05) is 37.2 Å². The van der Waals surface area contributed by atoms with E-state index in [1.807, 2.05) is 68.4 Å². The van der Waals surface area contributed by atoms with Crippen LogP contribution in [0.1, 0.15) is 93.8 Å². The first kappa shape index (κ1) is 33.3. The van der Waals surface area contributed by atoms with Crippen LogP contribution in [0.4, 0.5) is 4.79 Å². The van der Waals surface area contributed by atoms with Gasteiger partial charge in [-0.3, -0.25) is 9.59 Å². The second kappa shape index (κ2) is 13.4. The summed E-state index contributed by atoms with van der Waals surface area (Å²) in [6.07, 6.45) is 3.72. The molecule has 2 heterocycles. The second-order valence-corrected chi connectivity index (χ2v) is 12.8. The highest BCUT2D eigenvalue weighted by molar-refractivity contribution is 6.33. The Labute approximate surface area is 254 Å². The molecule has 0 fully saturated rings. The van der Waals surface area contributed by atoms with Crippen LogP contribution in [0.25, 0.3) is 0 Å². The van der Waals surface area contributed by atoms with E-state index in [2.05, 4.69) is 10.3 Å². The number of rotatable bonds is 12. The van der Waals surface area contributed by atoms with Crippen LogP contribution in [-0.2, 0) is 22.5 Å². The van der Waals surface area contributed by atoms with E-state index in [4.69, 9.17) is 25.8 Å². The molecule has 1 aromatic carbocycles. The lowest BCUT2D eigenvalue weighted by Crippen LogP contribution is -2.39. The Morgan fingerprint density at radius 2 is 1.83 bits per heavy atom. The maximum absolute atomic E-state index is 12.5. The number of nitrogens with zero attached hydrogens (tertiary/aromatic N) is 1. The predicted molar refractivity (Wildman–Crippen MR) is 165 cm³/mol. The fraction of sp³-hybridized carbons (Fsp3) is 0.594. The topological polar surface area (TPSA) is 110 Å². The molecule has 2 amide bonds. The van der Waals surface area contributed by atoms with Gasteiger partial charge >= 0.3 is 6.09 Å². The van der Waals surface area contributed by atoms with Crippen LogP contribution in [0.15, 0.2) is 10.9 Å². The third-order valence-corrected chi connectivity index (χ3v) is 8.11. The number of ether oxygens (including phenoxy) is 3. The molecular formula is C32H46ClN3O6. The van der Waals surface area contributed by atoms with Crippen LogP contribution < -0.4 is 20.3 Å². The first-order chi connectivity index (χ1) is 19.6. The quantitative estimate of drug-likeness (QED) is 0.271. The zero-order chi connectivity index (χ0) is 31.4. The number of aromatic nitrogens is 1. The molecule has 0 aliphatic carbocycles. The molecule has 2 atom stereocenters. The summed E-state index contributed by atoms with van der Waals surface area (Å²) in [5.41, 5.74) is 4.27. The van der Waals surface area contributed by atoms with Gasteiger partial charge in [0.25, 0.3) is 5.56 Å². The Morgan fingerprint density at radius 3 is 2.43 bits per heavy atom. The van der Waals surface area contributed by atoms with E-state index in [-0.39, 0.29) is 18.1 Å². The van der Waals surface area contributed by atoms with E-state index in [1.54, 1.807) is 4.90 Å². The molecule has 1 aliphatic heterocycles. The van der Waals surface area contributed by atoms with E-state index in [9.17, 15) is 14.4 Å². The Balaban J connectivity index is 1.67. The van der Waals surface area contributed by atoms with Gasteiger partial charge in [0.05, 0.1) is 11.6 Å². The van der Waals surface area contributed by atoms with Crippen molar-refractivity contribution in [3.8, 4) is 11.5 Å². The molecule has 1 aliphatic rings. The van der Waals surface area contributed by atoms with Crippen molar-refractivity contribution in [3.05, 3.63) is 55.0 Å². The molecule has 2 aromatic rings. The number of aryl methyl sites for hydroxylation is 2. The summed E-state index contributed by atoms with van der Waals surface area (Å²) in [4.78, 5) is 41.0. The van der Waals surface area contributed by atoms with Crippen LogP contribution in [0.3, 0.4) is 0 Å². The molecule has 232 valence electrons. The van der Waals surface area contributed by atoms with Crippen molar-refractivity contribution in [2.45, 2.75) is 118 Å². The first-order valence-electron chi connectivity index (χ1n) is 14.6. The number of amides is 2. The zero-order valence-electron chi connectivity index (χ0n) is 26.5. The Morgan fingerprint density at radius 1 is 1.17 bits per heavy atom. The molecule has 10 heteroatoms. The molecular weight excluding hydrogens is 558 g/mol. The molecule has 9 nitrogen and oxygen atoms in total. The van der Waals surface area contributed by atoms with Crippen molar-refractivity contribution in [1.82, 2.24) is 15.2 Å². The standard InChI is InChI=1S/C32H46ClN3O6/c1-10-23(35-30(39)42-31(6,7)8)12-11-14-32(9)40-27-22(5)21(4)24(26(33)28(27)41-32)13-15-36(18-37)17-25-19(2)16-20(3)34-29(25)38/h16,18,23H,10-15,17H2,1-9H3,(H,34,38)(H,35,39). The monoisotopic (exact) mass is 603 g/mol. The second-order valence-electron chi connectivity index (χ2n) is 12.5. The first-order valence-corrected chi connectivity index (χ1v) is 15.0. The Bertz CT molecular complexity index is 1370. The molecule has 1 aromatic heterocycles. The molecule has 0 saturated carbocycles. The van der Waals surface area contributed by atoms with Crippen LogP contribution in [0.2, 0.25) is 5.02 Å². The SMILES string of the molecule is CCC(CCCC1(C)Oc2c(C)c(C)c(CCN(C=O)Cc3c(C)cc(C)[nH]c3=O)c(Cl)c2O1)NC(=O)OC(C)(C)C. The zero-order valence-corrected chi connectivity index (χ0v) is 27.2. The van der Waals surface area contributed by atoms with Gasteiger partial charge in [-0.1, -0.05) is 18.5 Å². The summed E-state index contributed by atoms with van der Waals surface area (Å²) in [5, 5.41) is 3.43. The smallest absolute Gasteiger partial charge is 0.407 e. The number of fused-ring (bicyclic) bond motifs is 1. The minimum absolute atomic E-state index is 0.0218. The van der Waals surface area contributed by atoms with Gasteiger partial charge in [0.1, 0.15) is 5.60 Å². The van der Waals surface area contributed by atoms with Gasteiger partial charge in [-0.15, -0.1) is 0 Å². The van der Waals surface area contributed by atoms with Crippen molar-refractivity contribution in [2.24, 2.45) is 0 Å². The number of aromatic amines is 1. The molecule has 3 rings (SSSR count). The number of benzene rings is 1. The summed E-state index contributed by atoms with van der Waals surface area (Å²) in [6.45, 7) is 17.7. The number of hydrogen-bond donors (Lipinski definition) is 2. The highest BCUT2D eigenvalue weighted by Crippen LogP contribution is 2.50. The van der Waals surface area contributed by atoms with Gasteiger partial charge in [-0.2, -0.15) is 0 Å². The number of nitrogens with one attached hydrogen (secondary N) is 2. The number of H-pyrrole nitrogens is 1. The van der Waals surface area contributed by atoms with Gasteiger partial charge in [0.2, 0.25) is 12.2 Å². The average Bonchev–Trinajstić information content (AvgIpc) is 3.24. The van der Waals surface area contributed by atoms with Crippen molar-refractivity contribution in [2.75, 3.05) is 6.54 Å². The number of alkyl carbamates (subject to hydrolysis) is 1. The molecule has 0 radical (unpaired) electrons. The number of halogens is 1. The van der Waals surface area contributed by atoms with E-state index >= 15 is 0 Å². The fourth-order valence-electron chi connectivity index (χ4n) is 5.26. The van der Waals surface area contributed by atoms with Crippen molar-refractivity contribution < 1.29 is 23.8 Å². The molecule has 0 saturated heterocycles. The summed E-state index contributed by atoms with van der Waals surface area (Å²) >= 11 is 6.90. The summed E-state index contributed by atoms with van der Waals surface area (Å²) in [5.74, 6) is 0.251. The molecule has 2 unspecified atom stereocenters. The molecule has 42 heavy (non-hydrogen) atoms. The summed E-state index contributed by atoms with van der Waals surface area (Å²) in [6, 6.07) is 1.88. The Kier molecular flexibility index (Phi) is 10.6. The number of carbonyl (C=O) groups excluding carboxylic acids is 2. The number of carbonyl (C=O) groups is 2. The number of pyridine rings is 1. The van der Waals surface area contributed by atoms with E-state index in [0.29, 0.717) is 41.5 Å². The number of hydrogen-bond acceptors (Lipinski definition) is 6. The van der Waals surface area contributed by atoms with Crippen molar-refractivity contribution in [1.29, 1.82) is 0 Å². The lowest BCUT2D eigenvalue weighted by atomic mass is 9.98. The molecule has 0 spiro atoms. The van der Waals surface area contributed by atoms with Gasteiger partial charge in [0.15, 0.2) is 11.5 Å². The van der Waals surface area contributed by atoms with Gasteiger partial charge < -0.3 is 29.4 Å². The molecule has 0 bridgehead atoms. The van der Waals surface area contributed by atoms with Gasteiger partial charge in [-0.05, 0) is 102 Å². The van der Waals surface area contributed by atoms with Crippen LogP contribution >= 0.6 is 11.6 Å². The third kappa shape index (κ3) is 8.21. The highest BCUT2D eigenvalue weighted by atomic mass is 35.5. The van der Waals surface area contributed by atoms with Crippen molar-refractivity contribution >= 4 is 24.1 Å². The minimum atomic E-state index is -0.898. The maximum atomic E-state index is 12.5. The third-order valence-electron chi connectivity index (χ3n) is 7.71. The van der Waals surface area contributed by atoms with Gasteiger partial charge in [-0.25, -0.2) is 4.79 Å². The van der Waals surface area contributed by atoms with Crippen LogP contribution in [0, 0.1) is 27.7 Å². The van der Waals surface area contributed by atoms with Crippen LogP contribution in [0.5, 0.6) is 11.5 Å². The van der Waals surface area contributed by atoms with Crippen LogP contribution in [-0.4, -0.2) is 46.4 Å². The largest absolute Gasteiger partial charge is 0.448 e. The highest BCUT2D eigenvalue weighted by Gasteiger charge is 2.40. The van der Waals surface area contributed by atoms with E-state index < -0.39 is 17.5 Å². The van der Waals surface area contributed by atoms with E-state index in [1.165, 1.54) is 0 Å². The Hall–Kier alpha value is -3.20. The minimum Gasteiger partial charge on any atom is -0.448 e. The lowest BCUT2D eigenvalue weighted by Gasteiger charge is -2.25. The molecule has 2 N–H and O–H groups in total. The fourth-order valence-corrected chi connectivity index (χ4v) is 5.62. The average molecular weight is 604 g/mol. The maximum Gasteiger partial charge on any atom is 0.407 e.